The van der Waals surface area contributed by atoms with Crippen molar-refractivity contribution in [2.45, 2.75) is 20.0 Å². The van der Waals surface area contributed by atoms with Crippen molar-refractivity contribution >= 4 is 29.0 Å². The zero-order chi connectivity index (χ0) is 18.6. The molecule has 1 saturated heterocycles. The summed E-state index contributed by atoms with van der Waals surface area (Å²) in [5, 5.41) is 10.2. The number of imide groups is 1. The Hall–Kier alpha value is -3.01. The smallest absolute Gasteiger partial charge is 0.261 e. The Kier molecular flexibility index (Phi) is 5.65. The van der Waals surface area contributed by atoms with Gasteiger partial charge < -0.3 is 21.1 Å². The van der Waals surface area contributed by atoms with Crippen molar-refractivity contribution in [3.63, 3.8) is 0 Å². The van der Waals surface area contributed by atoms with Gasteiger partial charge in [0.15, 0.2) is 6.10 Å². The van der Waals surface area contributed by atoms with Crippen LogP contribution in [0.5, 0.6) is 0 Å². The Morgan fingerprint density at radius 2 is 2.12 bits per heavy atom. The molecule has 0 aliphatic carbocycles. The molecule has 0 spiro atoms. The van der Waals surface area contributed by atoms with E-state index in [1.54, 1.807) is 13.0 Å². The molecule has 134 valence electrons. The summed E-state index contributed by atoms with van der Waals surface area (Å²) >= 11 is 0. The van der Waals surface area contributed by atoms with Crippen molar-refractivity contribution in [3.8, 4) is 0 Å². The molecule has 0 radical (unpaired) electrons. The molecular formula is C15H20N6O4. The van der Waals surface area contributed by atoms with Crippen LogP contribution in [0.2, 0.25) is 0 Å². The molecule has 3 amide bonds. The predicted molar refractivity (Wildman–Crippen MR) is 88.9 cm³/mol. The second-order valence-electron chi connectivity index (χ2n) is 5.50. The fourth-order valence-electron chi connectivity index (χ4n) is 2.44. The van der Waals surface area contributed by atoms with Gasteiger partial charge in [-0.3, -0.25) is 19.7 Å². The lowest BCUT2D eigenvalue weighted by molar-refractivity contribution is -0.130. The minimum Gasteiger partial charge on any atom is -0.404 e. The number of aryl methyl sites for hydroxylation is 1. The van der Waals surface area contributed by atoms with Crippen molar-refractivity contribution < 1.29 is 19.1 Å². The maximum absolute atomic E-state index is 12.1. The third-order valence-corrected chi connectivity index (χ3v) is 3.65. The van der Waals surface area contributed by atoms with Gasteiger partial charge in [0, 0.05) is 19.7 Å². The maximum atomic E-state index is 12.1. The molecule has 1 aromatic rings. The molecular weight excluding hydrogens is 328 g/mol. The van der Waals surface area contributed by atoms with Crippen LogP contribution in [-0.2, 0) is 19.1 Å². The quantitative estimate of drug-likeness (QED) is 0.552. The summed E-state index contributed by atoms with van der Waals surface area (Å²) in [7, 11) is 0. The largest absolute Gasteiger partial charge is 0.404 e. The highest BCUT2D eigenvalue weighted by Gasteiger charge is 2.27. The highest BCUT2D eigenvalue weighted by Crippen LogP contribution is 2.24. The number of amides is 3. The van der Waals surface area contributed by atoms with E-state index in [2.05, 4.69) is 15.5 Å². The van der Waals surface area contributed by atoms with Gasteiger partial charge in [0.25, 0.3) is 5.91 Å². The van der Waals surface area contributed by atoms with Gasteiger partial charge in [0.05, 0.1) is 30.1 Å². The number of nitrogens with two attached hydrogens (primary N) is 2. The summed E-state index contributed by atoms with van der Waals surface area (Å²) in [6.45, 7) is 4.09. The molecule has 0 aromatic carbocycles. The SMILES string of the molecule is CC(=O)NC(=O)/C(=C\N)c1cc(N2CCOC(C(N)=O)C2)c(C)nn1. The Bertz CT molecular complexity index is 733. The number of hydrogen-bond acceptors (Lipinski definition) is 8. The van der Waals surface area contributed by atoms with E-state index < -0.39 is 23.8 Å². The second-order valence-corrected chi connectivity index (χ2v) is 5.50. The van der Waals surface area contributed by atoms with E-state index in [1.165, 1.54) is 6.92 Å². The fraction of sp³-hybridized carbons (Fsp3) is 0.400. The number of aromatic nitrogens is 2. The van der Waals surface area contributed by atoms with E-state index in [0.717, 1.165) is 6.20 Å². The van der Waals surface area contributed by atoms with Crippen LogP contribution < -0.4 is 21.7 Å². The van der Waals surface area contributed by atoms with Gasteiger partial charge >= 0.3 is 0 Å². The summed E-state index contributed by atoms with van der Waals surface area (Å²) in [6.07, 6.45) is 0.336. The summed E-state index contributed by atoms with van der Waals surface area (Å²) in [5.41, 5.74) is 12.3. The highest BCUT2D eigenvalue weighted by atomic mass is 16.5. The highest BCUT2D eigenvalue weighted by molar-refractivity contribution is 6.22. The monoisotopic (exact) mass is 348 g/mol. The molecule has 1 fully saturated rings. The fourth-order valence-corrected chi connectivity index (χ4v) is 2.44. The van der Waals surface area contributed by atoms with Gasteiger partial charge in [-0.2, -0.15) is 5.10 Å². The van der Waals surface area contributed by atoms with Gasteiger partial charge in [-0.1, -0.05) is 0 Å². The Morgan fingerprint density at radius 1 is 1.40 bits per heavy atom. The molecule has 10 nitrogen and oxygen atoms in total. The second kappa shape index (κ2) is 7.71. The van der Waals surface area contributed by atoms with Gasteiger partial charge in [0.1, 0.15) is 5.69 Å². The van der Waals surface area contributed by atoms with Crippen LogP contribution in [0, 0.1) is 6.92 Å². The molecule has 25 heavy (non-hydrogen) atoms. The first-order chi connectivity index (χ1) is 11.8. The summed E-state index contributed by atoms with van der Waals surface area (Å²) in [6, 6.07) is 1.63. The minimum atomic E-state index is -0.727. The molecule has 0 bridgehead atoms. The van der Waals surface area contributed by atoms with Crippen LogP contribution >= 0.6 is 0 Å². The van der Waals surface area contributed by atoms with Crippen LogP contribution in [0.3, 0.4) is 0 Å². The number of carbonyl (C=O) groups excluding carboxylic acids is 3. The van der Waals surface area contributed by atoms with E-state index >= 15 is 0 Å². The first kappa shape index (κ1) is 18.3. The van der Waals surface area contributed by atoms with Crippen LogP contribution in [0.4, 0.5) is 5.69 Å². The van der Waals surface area contributed by atoms with Gasteiger partial charge in [-0.25, -0.2) is 0 Å². The third-order valence-electron chi connectivity index (χ3n) is 3.65. The molecule has 1 atom stereocenters. The third kappa shape index (κ3) is 4.29. The number of nitrogens with zero attached hydrogens (tertiary/aromatic N) is 3. The van der Waals surface area contributed by atoms with Gasteiger partial charge in [0.2, 0.25) is 11.8 Å². The number of ether oxygens (including phenoxy) is 1. The van der Waals surface area contributed by atoms with E-state index in [1.807, 2.05) is 4.90 Å². The Balaban J connectivity index is 2.32. The van der Waals surface area contributed by atoms with Crippen LogP contribution in [0.15, 0.2) is 12.3 Å². The zero-order valence-electron chi connectivity index (χ0n) is 14.0. The molecule has 5 N–H and O–H groups in total. The van der Waals surface area contributed by atoms with Crippen LogP contribution in [0.25, 0.3) is 5.57 Å². The van der Waals surface area contributed by atoms with Crippen molar-refractivity contribution in [2.24, 2.45) is 11.5 Å². The topological polar surface area (TPSA) is 154 Å². The van der Waals surface area contributed by atoms with Crippen LogP contribution in [-0.4, -0.2) is 53.7 Å². The molecule has 10 heteroatoms. The number of rotatable bonds is 4. The van der Waals surface area contributed by atoms with E-state index in [-0.39, 0.29) is 17.8 Å². The Morgan fingerprint density at radius 3 is 2.72 bits per heavy atom. The molecule has 1 unspecified atom stereocenters. The standard InChI is InChI=1S/C15H20N6O4/c1-8-12(21-3-4-25-13(7-21)14(17)23)5-11(20-19-8)10(6-16)15(24)18-9(2)22/h5-6,13H,3-4,7,16H2,1-2H3,(H2,17,23)(H,18,22,24)/b10-6-. The Labute approximate surface area is 144 Å². The van der Waals surface area contributed by atoms with E-state index in [9.17, 15) is 14.4 Å². The lowest BCUT2D eigenvalue weighted by atomic mass is 10.1. The lowest BCUT2D eigenvalue weighted by Gasteiger charge is -2.33. The van der Waals surface area contributed by atoms with Crippen molar-refractivity contribution in [3.05, 3.63) is 23.7 Å². The average molecular weight is 348 g/mol. The number of carbonyl (C=O) groups is 3. The molecule has 1 aromatic heterocycles. The molecule has 1 aliphatic heterocycles. The molecule has 2 rings (SSSR count). The molecule has 1 aliphatic rings. The van der Waals surface area contributed by atoms with Crippen molar-refractivity contribution in [1.29, 1.82) is 0 Å². The predicted octanol–water partition coefficient (Wildman–Crippen LogP) is -1.56. The van der Waals surface area contributed by atoms with E-state index in [0.29, 0.717) is 24.5 Å². The summed E-state index contributed by atoms with van der Waals surface area (Å²) in [4.78, 5) is 36.4. The summed E-state index contributed by atoms with van der Waals surface area (Å²) < 4.78 is 5.33. The molecule has 0 saturated carbocycles. The number of anilines is 1. The number of hydrogen-bond donors (Lipinski definition) is 3. The normalized spacial score (nSPS) is 17.9. The number of morpholine rings is 1. The average Bonchev–Trinajstić information content (AvgIpc) is 2.56. The first-order valence-corrected chi connectivity index (χ1v) is 7.57. The van der Waals surface area contributed by atoms with E-state index in [4.69, 9.17) is 16.2 Å². The molecule has 2 heterocycles. The minimum absolute atomic E-state index is 0.0173. The van der Waals surface area contributed by atoms with Crippen LogP contribution in [0.1, 0.15) is 18.3 Å². The lowest BCUT2D eigenvalue weighted by Crippen LogP contribution is -2.48. The number of primary amides is 1. The maximum Gasteiger partial charge on any atom is 0.261 e. The van der Waals surface area contributed by atoms with Gasteiger partial charge in [-0.05, 0) is 13.0 Å². The zero-order valence-corrected chi connectivity index (χ0v) is 14.0. The number of nitrogens with one attached hydrogen (secondary N) is 1. The summed E-state index contributed by atoms with van der Waals surface area (Å²) in [5.74, 6) is -1.73. The first-order valence-electron chi connectivity index (χ1n) is 7.57. The van der Waals surface area contributed by atoms with Crippen molar-refractivity contribution in [2.75, 3.05) is 24.6 Å². The van der Waals surface area contributed by atoms with Crippen molar-refractivity contribution in [1.82, 2.24) is 15.5 Å². The van der Waals surface area contributed by atoms with Gasteiger partial charge in [-0.15, -0.1) is 5.10 Å².